The van der Waals surface area contributed by atoms with E-state index in [2.05, 4.69) is 51.7 Å². The fourth-order valence-electron chi connectivity index (χ4n) is 6.40. The van der Waals surface area contributed by atoms with Crippen molar-refractivity contribution in [1.29, 1.82) is 0 Å². The average molecular weight is 638 g/mol. The predicted molar refractivity (Wildman–Crippen MR) is 179 cm³/mol. The van der Waals surface area contributed by atoms with Crippen molar-refractivity contribution in [2.75, 3.05) is 32.9 Å². The van der Waals surface area contributed by atoms with Crippen LogP contribution < -0.4 is 4.74 Å². The van der Waals surface area contributed by atoms with Crippen LogP contribution in [-0.2, 0) is 24.1 Å². The lowest BCUT2D eigenvalue weighted by atomic mass is 9.89. The minimum atomic E-state index is 0.619. The molecule has 1 N–H and O–H groups in total. The highest BCUT2D eigenvalue weighted by Crippen LogP contribution is 2.43. The summed E-state index contributed by atoms with van der Waals surface area (Å²) in [7, 11) is 0. The normalized spacial score (nSPS) is 17.2. The van der Waals surface area contributed by atoms with Crippen LogP contribution in [0.5, 0.6) is 5.75 Å². The fraction of sp³-hybridized carbons (Fsp3) is 0.353. The van der Waals surface area contributed by atoms with Crippen LogP contribution in [0.3, 0.4) is 0 Å². The largest absolute Gasteiger partial charge is 0.494 e. The minimum absolute atomic E-state index is 0.619. The van der Waals surface area contributed by atoms with Crippen molar-refractivity contribution in [2.45, 2.75) is 49.8 Å². The van der Waals surface area contributed by atoms with E-state index < -0.39 is 0 Å². The molecule has 45 heavy (non-hydrogen) atoms. The minimum Gasteiger partial charge on any atom is -0.494 e. The van der Waals surface area contributed by atoms with Gasteiger partial charge in [-0.3, -0.25) is 9.47 Å². The van der Waals surface area contributed by atoms with Gasteiger partial charge in [0.1, 0.15) is 21.4 Å². The molecule has 4 aromatic heterocycles. The zero-order chi connectivity index (χ0) is 30.3. The number of para-hydroxylation sites is 1. The number of nitrogens with zero attached hydrogens (tertiary/aromatic N) is 6. The number of aromatic amines is 1. The van der Waals surface area contributed by atoms with Crippen molar-refractivity contribution >= 4 is 44.2 Å². The van der Waals surface area contributed by atoms with Crippen molar-refractivity contribution in [3.05, 3.63) is 71.0 Å². The van der Waals surface area contributed by atoms with Gasteiger partial charge >= 0.3 is 0 Å². The Labute approximate surface area is 270 Å². The molecule has 1 unspecified atom stereocenters. The van der Waals surface area contributed by atoms with Crippen LogP contribution in [0, 0.1) is 5.92 Å². The second-order valence-electron chi connectivity index (χ2n) is 11.8. The van der Waals surface area contributed by atoms with Gasteiger partial charge in [0.05, 0.1) is 32.1 Å². The van der Waals surface area contributed by atoms with Crippen LogP contribution in [0.1, 0.15) is 36.5 Å². The molecule has 0 spiro atoms. The second-order valence-corrected chi connectivity index (χ2v) is 13.8. The smallest absolute Gasteiger partial charge is 0.202 e. The fourth-order valence-corrected chi connectivity index (χ4v) is 8.88. The number of fused-ring (bicyclic) bond motifs is 4. The molecule has 2 aliphatic rings. The van der Waals surface area contributed by atoms with E-state index in [-0.39, 0.29) is 0 Å². The third-order valence-electron chi connectivity index (χ3n) is 8.69. The van der Waals surface area contributed by atoms with Crippen LogP contribution in [0.25, 0.3) is 38.2 Å². The van der Waals surface area contributed by atoms with Gasteiger partial charge in [-0.1, -0.05) is 25.1 Å². The summed E-state index contributed by atoms with van der Waals surface area (Å²) in [6, 6.07) is 16.5. The number of rotatable bonds is 8. The first-order chi connectivity index (χ1) is 22.1. The quantitative estimate of drug-likeness (QED) is 0.180. The van der Waals surface area contributed by atoms with E-state index in [1.807, 2.05) is 42.7 Å². The molecular formula is C34H35N7O2S2. The topological polar surface area (TPSA) is 94.0 Å². The van der Waals surface area contributed by atoms with Gasteiger partial charge in [-0.2, -0.15) is 0 Å². The third kappa shape index (κ3) is 5.52. The van der Waals surface area contributed by atoms with E-state index in [4.69, 9.17) is 29.6 Å². The van der Waals surface area contributed by atoms with E-state index in [0.29, 0.717) is 19.1 Å². The molecule has 1 aliphatic carbocycles. The predicted octanol–water partition coefficient (Wildman–Crippen LogP) is 6.93. The van der Waals surface area contributed by atoms with Gasteiger partial charge < -0.3 is 14.5 Å². The van der Waals surface area contributed by atoms with E-state index >= 15 is 0 Å². The molecule has 0 amide bonds. The summed E-state index contributed by atoms with van der Waals surface area (Å²) in [6.07, 6.45) is 5.37. The standard InChI is InChI=1S/C34H35N7O2S2/c1-3-43-23-11-9-22(10-12-23)41-31(26-19-35-27-7-5-4-6-24(26)27)38-39-34(41)45-33-30-25-13-8-21(2)18-28(25)44-32(30)36-29(37-33)20-40-14-16-42-17-15-40/h4-7,9-12,19,21,35H,3,8,13-18,20H2,1-2H3. The van der Waals surface area contributed by atoms with Crippen molar-refractivity contribution in [2.24, 2.45) is 5.92 Å². The molecule has 0 bridgehead atoms. The Morgan fingerprint density at radius 2 is 1.91 bits per heavy atom. The van der Waals surface area contributed by atoms with E-state index in [1.165, 1.54) is 22.2 Å². The summed E-state index contributed by atoms with van der Waals surface area (Å²) in [5, 5.41) is 13.6. The second kappa shape index (κ2) is 12.2. The average Bonchev–Trinajstić information content (AvgIpc) is 3.77. The molecule has 1 fully saturated rings. The van der Waals surface area contributed by atoms with Gasteiger partial charge in [-0.25, -0.2) is 9.97 Å². The maximum Gasteiger partial charge on any atom is 0.202 e. The number of hydrogen-bond acceptors (Lipinski definition) is 9. The number of hydrogen-bond donors (Lipinski definition) is 1. The molecule has 5 heterocycles. The van der Waals surface area contributed by atoms with Crippen LogP contribution in [0.15, 0.2) is 64.9 Å². The first-order valence-electron chi connectivity index (χ1n) is 15.7. The first-order valence-corrected chi connectivity index (χ1v) is 17.3. The Balaban J connectivity index is 1.27. The molecule has 1 aliphatic heterocycles. The van der Waals surface area contributed by atoms with Gasteiger partial charge in [0, 0.05) is 46.0 Å². The van der Waals surface area contributed by atoms with E-state index in [0.717, 1.165) is 93.7 Å². The van der Waals surface area contributed by atoms with Crippen LogP contribution >= 0.6 is 23.1 Å². The van der Waals surface area contributed by atoms with Crippen molar-refractivity contribution in [3.63, 3.8) is 0 Å². The highest BCUT2D eigenvalue weighted by atomic mass is 32.2. The molecular weight excluding hydrogens is 603 g/mol. The molecule has 230 valence electrons. The van der Waals surface area contributed by atoms with Gasteiger partial charge in [-0.15, -0.1) is 21.5 Å². The molecule has 9 nitrogen and oxygen atoms in total. The lowest BCUT2D eigenvalue weighted by Crippen LogP contribution is -2.36. The first kappa shape index (κ1) is 28.7. The summed E-state index contributed by atoms with van der Waals surface area (Å²) >= 11 is 3.44. The van der Waals surface area contributed by atoms with Crippen molar-refractivity contribution in [3.8, 4) is 22.8 Å². The number of morpholine rings is 1. The van der Waals surface area contributed by atoms with Crippen molar-refractivity contribution < 1.29 is 9.47 Å². The molecule has 1 atom stereocenters. The van der Waals surface area contributed by atoms with Gasteiger partial charge in [0.2, 0.25) is 5.16 Å². The zero-order valence-corrected chi connectivity index (χ0v) is 27.1. The van der Waals surface area contributed by atoms with Crippen LogP contribution in [0.4, 0.5) is 0 Å². The van der Waals surface area contributed by atoms with Gasteiger partial charge in [0.15, 0.2) is 5.82 Å². The van der Waals surface area contributed by atoms with Crippen molar-refractivity contribution in [1.82, 2.24) is 34.6 Å². The Morgan fingerprint density at radius 1 is 1.07 bits per heavy atom. The highest BCUT2D eigenvalue weighted by Gasteiger charge is 2.27. The van der Waals surface area contributed by atoms with E-state index in [9.17, 15) is 0 Å². The summed E-state index contributed by atoms with van der Waals surface area (Å²) in [5.74, 6) is 3.15. The highest BCUT2D eigenvalue weighted by molar-refractivity contribution is 7.99. The molecule has 0 radical (unpaired) electrons. The number of thiophene rings is 1. The molecule has 0 saturated carbocycles. The third-order valence-corrected chi connectivity index (χ3v) is 10.8. The molecule has 1 saturated heterocycles. The summed E-state index contributed by atoms with van der Waals surface area (Å²) in [4.78, 5) is 18.7. The van der Waals surface area contributed by atoms with Gasteiger partial charge in [0.25, 0.3) is 0 Å². The molecule has 6 aromatic rings. The SMILES string of the molecule is CCOc1ccc(-n2c(Sc3nc(CN4CCOCC4)nc4sc5c(c34)CCC(C)C5)nnc2-c2c[nH]c3ccccc23)cc1. The Bertz CT molecular complexity index is 1970. The van der Waals surface area contributed by atoms with Crippen LogP contribution in [0.2, 0.25) is 0 Å². The van der Waals surface area contributed by atoms with Crippen LogP contribution in [-0.4, -0.2) is 67.5 Å². The number of ether oxygens (including phenoxy) is 2. The summed E-state index contributed by atoms with van der Waals surface area (Å²) in [5.41, 5.74) is 4.44. The number of nitrogens with one attached hydrogen (secondary N) is 1. The number of H-pyrrole nitrogens is 1. The van der Waals surface area contributed by atoms with Gasteiger partial charge in [-0.05, 0) is 79.8 Å². The molecule has 8 rings (SSSR count). The maximum atomic E-state index is 5.76. The Kier molecular flexibility index (Phi) is 7.78. The molecule has 11 heteroatoms. The number of aryl methyl sites for hydroxylation is 1. The van der Waals surface area contributed by atoms with E-state index in [1.54, 1.807) is 11.8 Å². The Hall–Kier alpha value is -3.77. The summed E-state index contributed by atoms with van der Waals surface area (Å²) in [6.45, 7) is 8.95. The summed E-state index contributed by atoms with van der Waals surface area (Å²) < 4.78 is 13.5. The zero-order valence-electron chi connectivity index (χ0n) is 25.5. The molecule has 2 aromatic carbocycles. The maximum absolute atomic E-state index is 5.76. The lowest BCUT2D eigenvalue weighted by Gasteiger charge is -2.25. The lowest BCUT2D eigenvalue weighted by molar-refractivity contribution is 0.0330. The monoisotopic (exact) mass is 637 g/mol. The Morgan fingerprint density at radius 3 is 2.76 bits per heavy atom. The number of aromatic nitrogens is 6. The number of benzene rings is 2.